The molecule has 1 heterocycles. The van der Waals surface area contributed by atoms with Gasteiger partial charge in [0.05, 0.1) is 5.02 Å². The van der Waals surface area contributed by atoms with Gasteiger partial charge in [-0.15, -0.1) is 0 Å². The second-order valence-electron chi connectivity index (χ2n) is 4.54. The van der Waals surface area contributed by atoms with E-state index >= 15 is 0 Å². The normalized spacial score (nSPS) is 15.8. The molecule has 1 aromatic heterocycles. The number of nitrogen functional groups attached to an aromatic ring is 1. The number of anilines is 1. The molecule has 0 atom stereocenters. The zero-order valence-electron chi connectivity index (χ0n) is 10.6. The van der Waals surface area contributed by atoms with Crippen molar-refractivity contribution in [2.45, 2.75) is 24.7 Å². The Labute approximate surface area is 118 Å². The summed E-state index contributed by atoms with van der Waals surface area (Å²) in [5.74, 6) is 5.96. The number of hydrogen-bond donors (Lipinski definition) is 2. The first kappa shape index (κ1) is 14.5. The fourth-order valence-electron chi connectivity index (χ4n) is 1.80. The Balaban J connectivity index is 2.28. The largest absolute Gasteiger partial charge is 0.307 e. The summed E-state index contributed by atoms with van der Waals surface area (Å²) in [7, 11) is -3.54. The van der Waals surface area contributed by atoms with E-state index in [2.05, 4.69) is 10.4 Å². The van der Waals surface area contributed by atoms with Crippen LogP contribution in [-0.4, -0.2) is 30.8 Å². The Morgan fingerprint density at radius 2 is 2.26 bits per heavy atom. The first-order valence-corrected chi connectivity index (χ1v) is 7.93. The van der Waals surface area contributed by atoms with E-state index in [4.69, 9.17) is 17.4 Å². The molecule has 0 amide bonds. The molecule has 0 saturated heterocycles. The molecule has 8 heteroatoms. The molecule has 0 spiro atoms. The third-order valence-electron chi connectivity index (χ3n) is 3.10. The Bertz CT molecular complexity index is 560. The van der Waals surface area contributed by atoms with Gasteiger partial charge in [0, 0.05) is 19.3 Å². The lowest BCUT2D eigenvalue weighted by Crippen LogP contribution is -2.32. The van der Waals surface area contributed by atoms with Crippen LogP contribution >= 0.6 is 11.6 Å². The number of sulfonamides is 1. The first-order chi connectivity index (χ1) is 8.98. The maximum absolute atomic E-state index is 12.5. The van der Waals surface area contributed by atoms with Gasteiger partial charge in [-0.05, 0) is 24.8 Å². The average Bonchev–Trinajstić information content (AvgIpc) is 3.19. The third-order valence-corrected chi connectivity index (χ3v) is 5.30. The topological polar surface area (TPSA) is 88.3 Å². The molecule has 2 rings (SSSR count). The highest BCUT2D eigenvalue weighted by atomic mass is 35.5. The SMILES string of the molecule is CCN(CC1CC1)S(=O)(=O)c1cnc(NN)c(Cl)c1. The van der Waals surface area contributed by atoms with Crippen molar-refractivity contribution in [3.8, 4) is 0 Å². The Hall–Kier alpha value is -0.890. The van der Waals surface area contributed by atoms with Crippen LogP contribution in [0.4, 0.5) is 5.82 Å². The van der Waals surface area contributed by atoms with Gasteiger partial charge in [-0.2, -0.15) is 4.31 Å². The summed E-state index contributed by atoms with van der Waals surface area (Å²) in [4.78, 5) is 4.00. The molecule has 1 saturated carbocycles. The summed E-state index contributed by atoms with van der Waals surface area (Å²) in [5, 5.41) is 0.186. The van der Waals surface area contributed by atoms with Crippen molar-refractivity contribution in [2.24, 2.45) is 11.8 Å². The molecular weight excluding hydrogens is 288 g/mol. The van der Waals surface area contributed by atoms with Crippen molar-refractivity contribution >= 4 is 27.4 Å². The molecule has 1 aromatic rings. The lowest BCUT2D eigenvalue weighted by molar-refractivity contribution is 0.412. The molecule has 3 N–H and O–H groups in total. The van der Waals surface area contributed by atoms with Crippen molar-refractivity contribution in [1.82, 2.24) is 9.29 Å². The van der Waals surface area contributed by atoms with Gasteiger partial charge in [0.15, 0.2) is 5.82 Å². The van der Waals surface area contributed by atoms with Crippen LogP contribution in [0.2, 0.25) is 5.02 Å². The fraction of sp³-hybridized carbons (Fsp3) is 0.545. The van der Waals surface area contributed by atoms with Gasteiger partial charge in [0.25, 0.3) is 0 Å². The van der Waals surface area contributed by atoms with Crippen LogP contribution in [-0.2, 0) is 10.0 Å². The van der Waals surface area contributed by atoms with Crippen molar-refractivity contribution < 1.29 is 8.42 Å². The van der Waals surface area contributed by atoms with E-state index in [-0.39, 0.29) is 15.7 Å². The van der Waals surface area contributed by atoms with Gasteiger partial charge in [-0.25, -0.2) is 19.2 Å². The fourth-order valence-corrected chi connectivity index (χ4v) is 3.59. The molecule has 0 bridgehead atoms. The molecule has 0 radical (unpaired) electrons. The zero-order chi connectivity index (χ0) is 14.0. The van der Waals surface area contributed by atoms with Crippen molar-refractivity contribution in [2.75, 3.05) is 18.5 Å². The highest BCUT2D eigenvalue weighted by Gasteiger charge is 2.31. The third kappa shape index (κ3) is 3.17. The first-order valence-electron chi connectivity index (χ1n) is 6.11. The number of aromatic nitrogens is 1. The minimum absolute atomic E-state index is 0.0963. The van der Waals surface area contributed by atoms with Gasteiger partial charge in [-0.3, -0.25) is 0 Å². The standard InChI is InChI=1S/C11H17ClN4O2S/c1-2-16(7-8-3-4-8)19(17,18)9-5-10(12)11(15-13)14-6-9/h5-6,8H,2-4,7,13H2,1H3,(H,14,15). The molecule has 1 aliphatic carbocycles. The second-order valence-corrected chi connectivity index (χ2v) is 6.89. The molecular formula is C11H17ClN4O2S. The number of hydrogen-bond acceptors (Lipinski definition) is 5. The van der Waals surface area contributed by atoms with E-state index in [1.165, 1.54) is 16.6 Å². The number of rotatable bonds is 6. The Kier molecular flexibility index (Phi) is 4.29. The van der Waals surface area contributed by atoms with Gasteiger partial charge in [-0.1, -0.05) is 18.5 Å². The van der Waals surface area contributed by atoms with Crippen LogP contribution in [0.25, 0.3) is 0 Å². The molecule has 0 aromatic carbocycles. The Morgan fingerprint density at radius 1 is 1.58 bits per heavy atom. The molecule has 1 fully saturated rings. The predicted octanol–water partition coefficient (Wildman–Crippen LogP) is 1.44. The number of nitrogens with one attached hydrogen (secondary N) is 1. The van der Waals surface area contributed by atoms with E-state index in [0.717, 1.165) is 12.8 Å². The van der Waals surface area contributed by atoms with Crippen LogP contribution in [0.3, 0.4) is 0 Å². The lowest BCUT2D eigenvalue weighted by Gasteiger charge is -2.20. The van der Waals surface area contributed by atoms with Crippen LogP contribution in [0, 0.1) is 5.92 Å². The predicted molar refractivity (Wildman–Crippen MR) is 74.2 cm³/mol. The van der Waals surface area contributed by atoms with Crippen molar-refractivity contribution in [3.63, 3.8) is 0 Å². The molecule has 19 heavy (non-hydrogen) atoms. The van der Waals surface area contributed by atoms with Gasteiger partial charge >= 0.3 is 0 Å². The molecule has 6 nitrogen and oxygen atoms in total. The smallest absolute Gasteiger partial charge is 0.244 e. The Morgan fingerprint density at radius 3 is 2.74 bits per heavy atom. The van der Waals surface area contributed by atoms with E-state index < -0.39 is 10.0 Å². The number of nitrogens with two attached hydrogens (primary N) is 1. The summed E-state index contributed by atoms with van der Waals surface area (Å²) in [6.45, 7) is 2.82. The van der Waals surface area contributed by atoms with Crippen LogP contribution < -0.4 is 11.3 Å². The number of halogens is 1. The summed E-state index contributed by atoms with van der Waals surface area (Å²) in [5.41, 5.74) is 2.31. The van der Waals surface area contributed by atoms with E-state index in [1.807, 2.05) is 6.92 Å². The van der Waals surface area contributed by atoms with E-state index in [9.17, 15) is 8.42 Å². The molecule has 0 aliphatic heterocycles. The maximum Gasteiger partial charge on any atom is 0.244 e. The summed E-state index contributed by atoms with van der Waals surface area (Å²) < 4.78 is 26.4. The number of nitrogens with zero attached hydrogens (tertiary/aromatic N) is 2. The second kappa shape index (κ2) is 5.62. The van der Waals surface area contributed by atoms with Crippen LogP contribution in [0.15, 0.2) is 17.2 Å². The minimum Gasteiger partial charge on any atom is -0.307 e. The van der Waals surface area contributed by atoms with Gasteiger partial charge < -0.3 is 5.43 Å². The average molecular weight is 305 g/mol. The highest BCUT2D eigenvalue weighted by Crippen LogP contribution is 2.32. The van der Waals surface area contributed by atoms with Gasteiger partial charge in [0.2, 0.25) is 10.0 Å². The van der Waals surface area contributed by atoms with Gasteiger partial charge in [0.1, 0.15) is 4.90 Å². The number of hydrazine groups is 1. The lowest BCUT2D eigenvalue weighted by atomic mass is 10.4. The summed E-state index contributed by atoms with van der Waals surface area (Å²) in [6, 6.07) is 1.37. The minimum atomic E-state index is -3.54. The van der Waals surface area contributed by atoms with Crippen molar-refractivity contribution in [3.05, 3.63) is 17.3 Å². The molecule has 1 aliphatic rings. The summed E-state index contributed by atoms with van der Waals surface area (Å²) >= 11 is 5.91. The molecule has 106 valence electrons. The number of pyridine rings is 1. The van der Waals surface area contributed by atoms with Crippen LogP contribution in [0.1, 0.15) is 19.8 Å². The van der Waals surface area contributed by atoms with E-state index in [0.29, 0.717) is 19.0 Å². The monoisotopic (exact) mass is 304 g/mol. The van der Waals surface area contributed by atoms with Crippen molar-refractivity contribution in [1.29, 1.82) is 0 Å². The summed E-state index contributed by atoms with van der Waals surface area (Å²) in [6.07, 6.45) is 3.47. The van der Waals surface area contributed by atoms with E-state index in [1.54, 1.807) is 0 Å². The highest BCUT2D eigenvalue weighted by molar-refractivity contribution is 7.89. The maximum atomic E-state index is 12.5. The van der Waals surface area contributed by atoms with Crippen LogP contribution in [0.5, 0.6) is 0 Å². The molecule has 0 unspecified atom stereocenters. The zero-order valence-corrected chi connectivity index (χ0v) is 12.2. The quantitative estimate of drug-likeness (QED) is 0.613.